The van der Waals surface area contributed by atoms with Gasteiger partial charge in [0.05, 0.1) is 16.0 Å². The summed E-state index contributed by atoms with van der Waals surface area (Å²) in [4.78, 5) is 10.3. The minimum absolute atomic E-state index is 0.0288. The van der Waals surface area contributed by atoms with Crippen LogP contribution in [0.3, 0.4) is 0 Å². The predicted molar refractivity (Wildman–Crippen MR) is 82.0 cm³/mol. The molecular weight excluding hydrogens is 292 g/mol. The van der Waals surface area contributed by atoms with Gasteiger partial charge < -0.3 is 10.5 Å². The molecule has 2 aromatic rings. The van der Waals surface area contributed by atoms with Crippen molar-refractivity contribution in [2.24, 2.45) is 5.73 Å². The van der Waals surface area contributed by atoms with Crippen LogP contribution in [0.4, 0.5) is 5.69 Å². The maximum atomic E-state index is 10.8. The first-order valence-corrected chi connectivity index (χ1v) is 6.74. The van der Waals surface area contributed by atoms with E-state index in [1.165, 1.54) is 12.1 Å². The number of hydrogen-bond acceptors (Lipinski definition) is 4. The van der Waals surface area contributed by atoms with Crippen molar-refractivity contribution in [2.45, 2.75) is 19.9 Å². The Morgan fingerprint density at radius 2 is 1.95 bits per heavy atom. The lowest BCUT2D eigenvalue weighted by molar-refractivity contribution is -0.384. The molecule has 0 saturated heterocycles. The van der Waals surface area contributed by atoms with E-state index in [4.69, 9.17) is 22.1 Å². The molecule has 0 radical (unpaired) electrons. The monoisotopic (exact) mass is 306 g/mol. The summed E-state index contributed by atoms with van der Waals surface area (Å²) in [6.07, 6.45) is 0. The minimum atomic E-state index is -0.465. The third kappa shape index (κ3) is 3.51. The summed E-state index contributed by atoms with van der Waals surface area (Å²) in [5.41, 5.74) is 7.44. The third-order valence-corrected chi connectivity index (χ3v) is 3.38. The van der Waals surface area contributed by atoms with Gasteiger partial charge in [0, 0.05) is 12.1 Å². The number of nitrogens with two attached hydrogens (primary N) is 1. The SMILES string of the molecule is Cc1ccc([N+](=O)[O-])cc1Oc1ccc([C@H](C)N)cc1Cl. The van der Waals surface area contributed by atoms with Gasteiger partial charge in [0.2, 0.25) is 0 Å². The topological polar surface area (TPSA) is 78.4 Å². The molecule has 0 heterocycles. The van der Waals surface area contributed by atoms with Crippen molar-refractivity contribution in [1.82, 2.24) is 0 Å². The highest BCUT2D eigenvalue weighted by atomic mass is 35.5. The molecule has 0 spiro atoms. The van der Waals surface area contributed by atoms with Gasteiger partial charge in [-0.2, -0.15) is 0 Å². The fourth-order valence-corrected chi connectivity index (χ4v) is 2.04. The van der Waals surface area contributed by atoms with Crippen LogP contribution in [0.25, 0.3) is 0 Å². The molecule has 0 aliphatic rings. The molecule has 5 nitrogen and oxygen atoms in total. The Labute approximate surface area is 127 Å². The van der Waals surface area contributed by atoms with Gasteiger partial charge in [0.15, 0.2) is 0 Å². The first-order chi connectivity index (χ1) is 9.88. The van der Waals surface area contributed by atoms with E-state index in [1.807, 2.05) is 19.9 Å². The van der Waals surface area contributed by atoms with Crippen LogP contribution in [-0.2, 0) is 0 Å². The summed E-state index contributed by atoms with van der Waals surface area (Å²) in [7, 11) is 0. The van der Waals surface area contributed by atoms with Crippen molar-refractivity contribution in [1.29, 1.82) is 0 Å². The molecule has 2 rings (SSSR count). The molecular formula is C15H15ClN2O3. The van der Waals surface area contributed by atoms with Crippen LogP contribution >= 0.6 is 11.6 Å². The van der Waals surface area contributed by atoms with Gasteiger partial charge in [-0.15, -0.1) is 0 Å². The zero-order valence-electron chi connectivity index (χ0n) is 11.7. The highest BCUT2D eigenvalue weighted by Crippen LogP contribution is 2.34. The van der Waals surface area contributed by atoms with Gasteiger partial charge in [-0.1, -0.05) is 17.7 Å². The van der Waals surface area contributed by atoms with Crippen molar-refractivity contribution in [3.63, 3.8) is 0 Å². The second-order valence-corrected chi connectivity index (χ2v) is 5.19. The Morgan fingerprint density at radius 3 is 2.52 bits per heavy atom. The van der Waals surface area contributed by atoms with E-state index in [0.717, 1.165) is 11.1 Å². The normalized spacial score (nSPS) is 12.0. The summed E-state index contributed by atoms with van der Waals surface area (Å²) in [5, 5.41) is 11.2. The molecule has 0 unspecified atom stereocenters. The zero-order chi connectivity index (χ0) is 15.6. The first kappa shape index (κ1) is 15.3. The van der Waals surface area contributed by atoms with Crippen LogP contribution in [0.2, 0.25) is 5.02 Å². The van der Waals surface area contributed by atoms with E-state index in [2.05, 4.69) is 0 Å². The molecule has 2 aromatic carbocycles. The Bertz CT molecular complexity index is 687. The van der Waals surface area contributed by atoms with Crippen molar-refractivity contribution in [2.75, 3.05) is 0 Å². The molecule has 6 heteroatoms. The van der Waals surface area contributed by atoms with Crippen molar-refractivity contribution < 1.29 is 9.66 Å². The molecule has 0 aliphatic carbocycles. The standard InChI is InChI=1S/C15H15ClN2O3/c1-9-3-5-12(18(19)20)8-15(9)21-14-6-4-11(10(2)17)7-13(14)16/h3-8,10H,17H2,1-2H3/t10-/m0/s1. The Hall–Kier alpha value is -2.11. The molecule has 21 heavy (non-hydrogen) atoms. The quantitative estimate of drug-likeness (QED) is 0.672. The summed E-state index contributed by atoms with van der Waals surface area (Å²) in [6.45, 7) is 3.67. The summed E-state index contributed by atoms with van der Waals surface area (Å²) < 4.78 is 5.69. The second-order valence-electron chi connectivity index (χ2n) is 4.79. The van der Waals surface area contributed by atoms with E-state index in [-0.39, 0.29) is 11.7 Å². The summed E-state index contributed by atoms with van der Waals surface area (Å²) in [5.74, 6) is 0.837. The summed E-state index contributed by atoms with van der Waals surface area (Å²) >= 11 is 6.16. The number of hydrogen-bond donors (Lipinski definition) is 1. The lowest BCUT2D eigenvalue weighted by Crippen LogP contribution is -2.04. The van der Waals surface area contributed by atoms with Crippen LogP contribution in [-0.4, -0.2) is 4.92 Å². The number of nitrogens with zero attached hydrogens (tertiary/aromatic N) is 1. The molecule has 0 bridgehead atoms. The minimum Gasteiger partial charge on any atom is -0.455 e. The number of rotatable bonds is 4. The number of benzene rings is 2. The van der Waals surface area contributed by atoms with E-state index < -0.39 is 4.92 Å². The van der Waals surface area contributed by atoms with Crippen LogP contribution in [0.5, 0.6) is 11.5 Å². The largest absolute Gasteiger partial charge is 0.455 e. The average Bonchev–Trinajstić information content (AvgIpc) is 2.42. The molecule has 110 valence electrons. The van der Waals surface area contributed by atoms with Crippen LogP contribution in [0.15, 0.2) is 36.4 Å². The van der Waals surface area contributed by atoms with Gasteiger partial charge in [0.25, 0.3) is 5.69 Å². The Balaban J connectivity index is 2.34. The average molecular weight is 307 g/mol. The van der Waals surface area contributed by atoms with E-state index in [1.54, 1.807) is 18.2 Å². The fraction of sp³-hybridized carbons (Fsp3) is 0.200. The number of ether oxygens (including phenoxy) is 1. The maximum absolute atomic E-state index is 10.8. The van der Waals surface area contributed by atoms with Gasteiger partial charge >= 0.3 is 0 Å². The number of nitro groups is 1. The highest BCUT2D eigenvalue weighted by molar-refractivity contribution is 6.32. The first-order valence-electron chi connectivity index (χ1n) is 6.36. The number of non-ortho nitro benzene ring substituents is 1. The predicted octanol–water partition coefficient (Wildman–Crippen LogP) is 4.37. The van der Waals surface area contributed by atoms with Gasteiger partial charge in [-0.3, -0.25) is 10.1 Å². The molecule has 0 fully saturated rings. The molecule has 0 saturated carbocycles. The third-order valence-electron chi connectivity index (χ3n) is 3.08. The van der Waals surface area contributed by atoms with Crippen LogP contribution in [0.1, 0.15) is 24.1 Å². The molecule has 0 amide bonds. The van der Waals surface area contributed by atoms with E-state index in [0.29, 0.717) is 16.5 Å². The van der Waals surface area contributed by atoms with Crippen molar-refractivity contribution in [3.8, 4) is 11.5 Å². The number of halogens is 1. The zero-order valence-corrected chi connectivity index (χ0v) is 12.4. The van der Waals surface area contributed by atoms with Gasteiger partial charge in [-0.25, -0.2) is 0 Å². The summed E-state index contributed by atoms with van der Waals surface area (Å²) in [6, 6.07) is 9.58. The lowest BCUT2D eigenvalue weighted by Gasteiger charge is -2.12. The Morgan fingerprint density at radius 1 is 1.24 bits per heavy atom. The van der Waals surface area contributed by atoms with Crippen molar-refractivity contribution >= 4 is 17.3 Å². The number of aryl methyl sites for hydroxylation is 1. The van der Waals surface area contributed by atoms with Crippen molar-refractivity contribution in [3.05, 3.63) is 62.7 Å². The fourth-order valence-electron chi connectivity index (χ4n) is 1.81. The van der Waals surface area contributed by atoms with E-state index in [9.17, 15) is 10.1 Å². The lowest BCUT2D eigenvalue weighted by atomic mass is 10.1. The Kier molecular flexibility index (Phi) is 4.45. The molecule has 1 atom stereocenters. The smallest absolute Gasteiger partial charge is 0.273 e. The second kappa shape index (κ2) is 6.11. The van der Waals surface area contributed by atoms with Gasteiger partial charge in [-0.05, 0) is 43.2 Å². The maximum Gasteiger partial charge on any atom is 0.273 e. The van der Waals surface area contributed by atoms with Crippen LogP contribution < -0.4 is 10.5 Å². The highest BCUT2D eigenvalue weighted by Gasteiger charge is 2.12. The van der Waals surface area contributed by atoms with Gasteiger partial charge in [0.1, 0.15) is 11.5 Å². The molecule has 0 aromatic heterocycles. The molecule has 0 aliphatic heterocycles. The van der Waals surface area contributed by atoms with E-state index >= 15 is 0 Å². The molecule has 2 N–H and O–H groups in total. The van der Waals surface area contributed by atoms with Crippen LogP contribution in [0, 0.1) is 17.0 Å². The number of nitro benzene ring substituents is 1.